The Hall–Kier alpha value is -2.54. The van der Waals surface area contributed by atoms with Crippen LogP contribution in [0.5, 0.6) is 5.75 Å². The number of nitrogens with one attached hydrogen (secondary N) is 2. The van der Waals surface area contributed by atoms with Crippen LogP contribution in [0.15, 0.2) is 24.4 Å². The molecule has 3 N–H and O–H groups in total. The van der Waals surface area contributed by atoms with Crippen molar-refractivity contribution in [1.82, 2.24) is 15.2 Å². The van der Waals surface area contributed by atoms with E-state index in [4.69, 9.17) is 4.74 Å². The predicted octanol–water partition coefficient (Wildman–Crippen LogP) is 2.86. The Balaban J connectivity index is 2.20. The third-order valence-corrected chi connectivity index (χ3v) is 4.53. The van der Waals surface area contributed by atoms with Crippen LogP contribution in [-0.2, 0) is 11.2 Å². The van der Waals surface area contributed by atoms with Crippen LogP contribution in [0.1, 0.15) is 25.8 Å². The molecule has 142 valence electrons. The van der Waals surface area contributed by atoms with E-state index in [2.05, 4.69) is 15.2 Å². The van der Waals surface area contributed by atoms with Crippen molar-refractivity contribution in [3.05, 3.63) is 30.0 Å². The van der Waals surface area contributed by atoms with Crippen LogP contribution in [-0.4, -0.2) is 53.7 Å². The molecule has 0 bridgehead atoms. The fraction of sp³-hybridized carbons (Fsp3) is 0.474. The minimum atomic E-state index is -1.07. The molecule has 1 aromatic heterocycles. The summed E-state index contributed by atoms with van der Waals surface area (Å²) >= 11 is 0. The molecule has 2 atom stereocenters. The molecule has 0 fully saturated rings. The molecule has 0 aliphatic heterocycles. The van der Waals surface area contributed by atoms with Crippen LogP contribution in [0.2, 0.25) is 0 Å². The first-order chi connectivity index (χ1) is 12.3. The second-order valence-corrected chi connectivity index (χ2v) is 6.78. The normalized spacial score (nSPS) is 13.6. The SMILES string of the molecule is CC[C@H](C)[C@H](NC(=O)Oc1cccc2[nH]cc(CCN(C)C)c12)C(=O)O. The van der Waals surface area contributed by atoms with Gasteiger partial charge in [0.05, 0.1) is 0 Å². The first-order valence-electron chi connectivity index (χ1n) is 8.78. The van der Waals surface area contributed by atoms with Gasteiger partial charge in [-0.3, -0.25) is 0 Å². The van der Waals surface area contributed by atoms with E-state index < -0.39 is 18.1 Å². The molecule has 0 saturated heterocycles. The highest BCUT2D eigenvalue weighted by molar-refractivity contribution is 5.91. The highest BCUT2D eigenvalue weighted by Crippen LogP contribution is 2.29. The van der Waals surface area contributed by atoms with Crippen molar-refractivity contribution in [2.45, 2.75) is 32.7 Å². The Morgan fingerprint density at radius 2 is 2.08 bits per heavy atom. The zero-order valence-electron chi connectivity index (χ0n) is 15.7. The summed E-state index contributed by atoms with van der Waals surface area (Å²) < 4.78 is 5.46. The lowest BCUT2D eigenvalue weighted by Crippen LogP contribution is -2.46. The number of carbonyl (C=O) groups is 2. The standard InChI is InChI=1S/C19H27N3O4/c1-5-12(2)17(18(23)24)21-19(25)26-15-8-6-7-14-16(15)13(11-20-14)9-10-22(3)4/h6-8,11-12,17,20H,5,9-10H2,1-4H3,(H,21,25)(H,23,24)/t12-,17-/m0/s1. The Morgan fingerprint density at radius 3 is 2.69 bits per heavy atom. The van der Waals surface area contributed by atoms with Crippen LogP contribution >= 0.6 is 0 Å². The van der Waals surface area contributed by atoms with E-state index in [-0.39, 0.29) is 5.92 Å². The smallest absolute Gasteiger partial charge is 0.413 e. The summed E-state index contributed by atoms with van der Waals surface area (Å²) in [6, 6.07) is 4.44. The van der Waals surface area contributed by atoms with Gasteiger partial charge in [0.2, 0.25) is 0 Å². The summed E-state index contributed by atoms with van der Waals surface area (Å²) in [5, 5.41) is 12.6. The summed E-state index contributed by atoms with van der Waals surface area (Å²) in [6.07, 6.45) is 2.60. The number of carboxylic acids is 1. The lowest BCUT2D eigenvalue weighted by Gasteiger charge is -2.20. The van der Waals surface area contributed by atoms with Gasteiger partial charge in [0.25, 0.3) is 0 Å². The van der Waals surface area contributed by atoms with Gasteiger partial charge in [-0.1, -0.05) is 26.3 Å². The molecule has 1 aromatic carbocycles. The molecule has 1 amide bonds. The van der Waals surface area contributed by atoms with Crippen molar-refractivity contribution in [3.63, 3.8) is 0 Å². The number of carboxylic acid groups (broad SMARTS) is 1. The summed E-state index contributed by atoms with van der Waals surface area (Å²) in [7, 11) is 4.00. The van der Waals surface area contributed by atoms with E-state index in [1.165, 1.54) is 0 Å². The molecule has 2 rings (SSSR count). The van der Waals surface area contributed by atoms with E-state index in [9.17, 15) is 14.7 Å². The number of hydrogen-bond donors (Lipinski definition) is 3. The van der Waals surface area contributed by atoms with Gasteiger partial charge in [-0.25, -0.2) is 9.59 Å². The Morgan fingerprint density at radius 1 is 1.35 bits per heavy atom. The second kappa shape index (κ2) is 8.71. The van der Waals surface area contributed by atoms with Crippen LogP contribution < -0.4 is 10.1 Å². The van der Waals surface area contributed by atoms with Crippen LogP contribution in [0.4, 0.5) is 4.79 Å². The maximum Gasteiger partial charge on any atom is 0.413 e. The summed E-state index contributed by atoms with van der Waals surface area (Å²) in [5.74, 6) is -0.843. The van der Waals surface area contributed by atoms with Crippen LogP contribution in [0, 0.1) is 5.92 Å². The maximum atomic E-state index is 12.3. The molecule has 7 heteroatoms. The third kappa shape index (κ3) is 4.76. The topological polar surface area (TPSA) is 94.7 Å². The fourth-order valence-corrected chi connectivity index (χ4v) is 2.79. The quantitative estimate of drug-likeness (QED) is 0.672. The van der Waals surface area contributed by atoms with E-state index in [1.807, 2.05) is 33.3 Å². The Kier molecular flexibility index (Phi) is 6.63. The minimum Gasteiger partial charge on any atom is -0.480 e. The number of H-pyrrole nitrogens is 1. The number of likely N-dealkylation sites (N-methyl/N-ethyl adjacent to an activating group) is 1. The number of carbonyl (C=O) groups excluding carboxylic acids is 1. The van der Waals surface area contributed by atoms with E-state index in [0.717, 1.165) is 29.4 Å². The largest absolute Gasteiger partial charge is 0.480 e. The minimum absolute atomic E-state index is 0.196. The van der Waals surface area contributed by atoms with Crippen molar-refractivity contribution in [2.24, 2.45) is 5.92 Å². The molecule has 2 aromatic rings. The average Bonchev–Trinajstić information content (AvgIpc) is 3.01. The van der Waals surface area contributed by atoms with E-state index >= 15 is 0 Å². The lowest BCUT2D eigenvalue weighted by atomic mass is 10.00. The molecule has 26 heavy (non-hydrogen) atoms. The molecule has 0 saturated carbocycles. The second-order valence-electron chi connectivity index (χ2n) is 6.78. The third-order valence-electron chi connectivity index (χ3n) is 4.53. The monoisotopic (exact) mass is 361 g/mol. The molecule has 0 radical (unpaired) electrons. The summed E-state index contributed by atoms with van der Waals surface area (Å²) in [6.45, 7) is 4.53. The van der Waals surface area contributed by atoms with E-state index in [1.54, 1.807) is 19.1 Å². The zero-order valence-corrected chi connectivity index (χ0v) is 15.7. The summed E-state index contributed by atoms with van der Waals surface area (Å²) in [4.78, 5) is 28.9. The van der Waals surface area contributed by atoms with Crippen molar-refractivity contribution in [1.29, 1.82) is 0 Å². The number of aromatic nitrogens is 1. The van der Waals surface area contributed by atoms with Crippen LogP contribution in [0.3, 0.4) is 0 Å². The van der Waals surface area contributed by atoms with Gasteiger partial charge >= 0.3 is 12.1 Å². The number of nitrogens with zero attached hydrogens (tertiary/aromatic N) is 1. The number of ether oxygens (including phenoxy) is 1. The number of aliphatic carboxylic acids is 1. The van der Waals surface area contributed by atoms with Gasteiger partial charge in [-0.15, -0.1) is 0 Å². The van der Waals surface area contributed by atoms with Gasteiger partial charge in [0.15, 0.2) is 0 Å². The van der Waals surface area contributed by atoms with Crippen LogP contribution in [0.25, 0.3) is 10.9 Å². The van der Waals surface area contributed by atoms with Gasteiger partial charge in [-0.05, 0) is 44.1 Å². The van der Waals surface area contributed by atoms with Gasteiger partial charge < -0.3 is 25.0 Å². The molecule has 0 spiro atoms. The van der Waals surface area contributed by atoms with Crippen molar-refractivity contribution >= 4 is 23.0 Å². The molecule has 0 unspecified atom stereocenters. The average molecular weight is 361 g/mol. The highest BCUT2D eigenvalue weighted by Gasteiger charge is 2.26. The number of hydrogen-bond acceptors (Lipinski definition) is 4. The van der Waals surface area contributed by atoms with Crippen molar-refractivity contribution < 1.29 is 19.4 Å². The molecule has 0 aliphatic rings. The van der Waals surface area contributed by atoms with Crippen molar-refractivity contribution in [2.75, 3.05) is 20.6 Å². The summed E-state index contributed by atoms with van der Waals surface area (Å²) in [5.41, 5.74) is 1.93. The number of fused-ring (bicyclic) bond motifs is 1. The fourth-order valence-electron chi connectivity index (χ4n) is 2.79. The van der Waals surface area contributed by atoms with Gasteiger partial charge in [0, 0.05) is 23.6 Å². The predicted molar refractivity (Wildman–Crippen MR) is 101 cm³/mol. The molecular weight excluding hydrogens is 334 g/mol. The first-order valence-corrected chi connectivity index (χ1v) is 8.78. The molecular formula is C19H27N3O4. The Labute approximate surface area is 153 Å². The highest BCUT2D eigenvalue weighted by atomic mass is 16.6. The van der Waals surface area contributed by atoms with Gasteiger partial charge in [-0.2, -0.15) is 0 Å². The zero-order chi connectivity index (χ0) is 19.3. The Bertz CT molecular complexity index is 769. The van der Waals surface area contributed by atoms with E-state index in [0.29, 0.717) is 12.2 Å². The number of amides is 1. The number of benzene rings is 1. The van der Waals surface area contributed by atoms with Crippen molar-refractivity contribution in [3.8, 4) is 5.75 Å². The molecule has 0 aliphatic carbocycles. The number of rotatable bonds is 8. The molecule has 7 nitrogen and oxygen atoms in total. The lowest BCUT2D eigenvalue weighted by molar-refractivity contribution is -0.140. The molecule has 1 heterocycles. The number of aromatic amines is 1. The first kappa shape index (κ1) is 19.8. The van der Waals surface area contributed by atoms with Gasteiger partial charge in [0.1, 0.15) is 11.8 Å². The maximum absolute atomic E-state index is 12.3.